The Balaban J connectivity index is 0.903. The molecule has 4 aromatic carbocycles. The van der Waals surface area contributed by atoms with Crippen LogP contribution in [0.1, 0.15) is 120 Å². The highest BCUT2D eigenvalue weighted by atomic mass is 31.2. The van der Waals surface area contributed by atoms with Crippen LogP contribution in [-0.2, 0) is 45.2 Å². The fraction of sp³-hybridized carbons (Fsp3) is 0.345. The fourth-order valence-corrected chi connectivity index (χ4v) is 11.4. The van der Waals surface area contributed by atoms with Gasteiger partial charge in [0.15, 0.2) is 0 Å². The van der Waals surface area contributed by atoms with Crippen molar-refractivity contribution in [2.75, 3.05) is 13.1 Å². The summed E-state index contributed by atoms with van der Waals surface area (Å²) in [5.41, 5.74) is 6.91. The van der Waals surface area contributed by atoms with Crippen molar-refractivity contribution in [3.05, 3.63) is 142 Å². The van der Waals surface area contributed by atoms with Gasteiger partial charge in [-0.2, -0.15) is 0 Å². The Morgan fingerprint density at radius 3 is 2.22 bits per heavy atom. The minimum atomic E-state index is -5.13. The van der Waals surface area contributed by atoms with Crippen molar-refractivity contribution in [1.82, 2.24) is 45.2 Å². The van der Waals surface area contributed by atoms with E-state index in [1.165, 1.54) is 43.2 Å². The number of piperidine rings is 1. The first kappa shape index (κ1) is 57.7. The first-order valence-electron chi connectivity index (χ1n) is 26.9. The molecule has 426 valence electrons. The van der Waals surface area contributed by atoms with Crippen molar-refractivity contribution in [2.24, 2.45) is 12.8 Å². The van der Waals surface area contributed by atoms with Crippen molar-refractivity contribution in [3.8, 4) is 11.8 Å². The van der Waals surface area contributed by atoms with E-state index >= 15 is 4.79 Å². The molecule has 3 aliphatic rings. The number of amides is 8. The molecule has 23 nitrogen and oxygen atoms in total. The lowest BCUT2D eigenvalue weighted by Crippen LogP contribution is -2.62. The van der Waals surface area contributed by atoms with Crippen LogP contribution in [0.2, 0.25) is 0 Å². The number of nitrogens with two attached hydrogens (primary N) is 1. The Morgan fingerprint density at radius 2 is 1.54 bits per heavy atom. The average molecular weight is 1140 g/mol. The number of aryl methyl sites for hydroxylation is 1. The Hall–Kier alpha value is -8.97. The summed E-state index contributed by atoms with van der Waals surface area (Å²) in [5.74, 6) is 1.55. The highest BCUT2D eigenvalue weighted by Crippen LogP contribution is 2.39. The second-order valence-electron chi connectivity index (χ2n) is 20.7. The van der Waals surface area contributed by atoms with Gasteiger partial charge in [0.2, 0.25) is 41.4 Å². The number of hydrogen-bond donors (Lipinski definition) is 8. The van der Waals surface area contributed by atoms with Crippen LogP contribution in [0.15, 0.2) is 108 Å². The molecule has 24 heteroatoms. The number of carbonyl (C=O) groups is 9. The van der Waals surface area contributed by atoms with E-state index in [1.807, 2.05) is 60.7 Å². The molecule has 6 aromatic rings. The van der Waals surface area contributed by atoms with Crippen LogP contribution < -0.4 is 32.7 Å². The van der Waals surface area contributed by atoms with Crippen molar-refractivity contribution >= 4 is 82.3 Å². The van der Waals surface area contributed by atoms with Gasteiger partial charge in [-0.3, -0.25) is 62.2 Å². The lowest BCUT2D eigenvalue weighted by Gasteiger charge is -2.39. The van der Waals surface area contributed by atoms with Gasteiger partial charge in [0.25, 0.3) is 11.4 Å². The number of carbonyl (C=O) groups excluding carboxylic acids is 9. The highest BCUT2D eigenvalue weighted by molar-refractivity contribution is 7.70. The Bertz CT molecular complexity index is 3650. The van der Waals surface area contributed by atoms with Crippen LogP contribution in [-0.4, -0.2) is 124 Å². The van der Waals surface area contributed by atoms with Gasteiger partial charge in [0.1, 0.15) is 29.9 Å². The van der Waals surface area contributed by atoms with Crippen LogP contribution in [0.25, 0.3) is 21.9 Å². The van der Waals surface area contributed by atoms with Crippen molar-refractivity contribution < 1.29 is 57.5 Å². The maximum Gasteiger partial charge on any atom is 0.396 e. The van der Waals surface area contributed by atoms with Gasteiger partial charge in [-0.15, -0.1) is 0 Å². The molecular weight excluding hydrogens is 1080 g/mol. The summed E-state index contributed by atoms with van der Waals surface area (Å²) in [4.78, 5) is 159. The molecule has 5 heterocycles. The molecule has 3 fully saturated rings. The minimum Gasteiger partial charge on any atom is -0.370 e. The standard InChI is InChI=1S/C58H61N10O13P/c1-65-47-30-34(18-23-44(47)68(58(65)78)46-25-27-49(70)63-55(46)75)12-6-2-3-11-17-50(71)66-29-28-39-20-24-45(54(74)61-41(22-26-48(59)69)52(72)64-51(35-13-7-4-8-14-35)36-15-9-5-10-16-36)67(39)56(76)43(33-66)62-53(73)42-32-38-31-37(19-21-40(38)60-42)57(77)82(79,80)81/h4-5,7-10,13-16,18-19,21,23,30-32,39,41,43,45-46,51,60H,2-3,11,17,20,22,24-29,33H2,1H3,(H2,59,69)(H,61,74)(H,62,73)(H,64,72)(H,63,70,75)(H2,79,80,81)/t39-,41+,43+,45?,46?/m1/s1. The number of aromatic nitrogens is 3. The maximum atomic E-state index is 15.0. The number of imide groups is 1. The number of H-pyrrole nitrogens is 1. The van der Waals surface area contributed by atoms with Crippen LogP contribution >= 0.6 is 7.60 Å². The second kappa shape index (κ2) is 24.8. The number of unbranched alkanes of at least 4 members (excludes halogenated alkanes) is 2. The first-order valence-corrected chi connectivity index (χ1v) is 28.5. The summed E-state index contributed by atoms with van der Waals surface area (Å²) < 4.78 is 14.6. The monoisotopic (exact) mass is 1140 g/mol. The fourth-order valence-electron chi connectivity index (χ4n) is 11.0. The van der Waals surface area contributed by atoms with Crippen molar-refractivity contribution in [3.63, 3.8) is 0 Å². The third-order valence-electron chi connectivity index (χ3n) is 15.2. The Kier molecular flexibility index (Phi) is 17.5. The number of fused-ring (bicyclic) bond motifs is 3. The van der Waals surface area contributed by atoms with Gasteiger partial charge in [0, 0.05) is 73.9 Å². The number of nitrogens with zero attached hydrogens (tertiary/aromatic N) is 4. The molecule has 0 radical (unpaired) electrons. The lowest BCUT2D eigenvalue weighted by atomic mass is 9.98. The van der Waals surface area contributed by atoms with Gasteiger partial charge in [-0.1, -0.05) is 72.5 Å². The number of primary amides is 1. The number of imidazole rings is 1. The largest absolute Gasteiger partial charge is 0.396 e. The molecule has 3 saturated heterocycles. The molecule has 9 rings (SSSR count). The van der Waals surface area contributed by atoms with E-state index in [0.29, 0.717) is 47.8 Å². The van der Waals surface area contributed by atoms with Crippen molar-refractivity contribution in [2.45, 2.75) is 107 Å². The zero-order valence-electron chi connectivity index (χ0n) is 44.7. The van der Waals surface area contributed by atoms with Gasteiger partial charge >= 0.3 is 13.3 Å². The van der Waals surface area contributed by atoms with E-state index in [1.54, 1.807) is 25.2 Å². The molecule has 9 N–H and O–H groups in total. The van der Waals surface area contributed by atoms with E-state index in [4.69, 9.17) is 5.73 Å². The van der Waals surface area contributed by atoms with Crippen LogP contribution in [0.5, 0.6) is 0 Å². The first-order chi connectivity index (χ1) is 39.2. The quantitative estimate of drug-likeness (QED) is 0.0266. The predicted molar refractivity (Wildman–Crippen MR) is 298 cm³/mol. The maximum absolute atomic E-state index is 15.0. The van der Waals surface area contributed by atoms with Crippen LogP contribution in [0, 0.1) is 11.8 Å². The Morgan fingerprint density at radius 1 is 0.817 bits per heavy atom. The molecule has 5 atom stereocenters. The van der Waals surface area contributed by atoms with E-state index in [9.17, 15) is 57.5 Å². The van der Waals surface area contributed by atoms with Crippen LogP contribution in [0.4, 0.5) is 0 Å². The average Bonchev–Trinajstić information content (AvgIpc) is 3.56. The minimum absolute atomic E-state index is 0.0692. The zero-order chi connectivity index (χ0) is 58.4. The molecular formula is C58H61N10O13P. The molecule has 2 unspecified atom stereocenters. The van der Waals surface area contributed by atoms with E-state index in [0.717, 1.165) is 11.1 Å². The molecule has 0 aliphatic carbocycles. The molecule has 8 amide bonds. The summed E-state index contributed by atoms with van der Waals surface area (Å²) in [6.07, 6.45) is 2.10. The van der Waals surface area contributed by atoms with Crippen LogP contribution in [0.3, 0.4) is 0 Å². The summed E-state index contributed by atoms with van der Waals surface area (Å²) in [7, 11) is -3.54. The van der Waals surface area contributed by atoms with Gasteiger partial charge in [0.05, 0.1) is 17.1 Å². The lowest BCUT2D eigenvalue weighted by molar-refractivity contribution is -0.145. The zero-order valence-corrected chi connectivity index (χ0v) is 45.6. The van der Waals surface area contributed by atoms with Gasteiger partial charge in [-0.25, -0.2) is 4.79 Å². The number of benzene rings is 4. The third-order valence-corrected chi connectivity index (χ3v) is 16.0. The highest BCUT2D eigenvalue weighted by Gasteiger charge is 2.46. The Labute approximate surface area is 469 Å². The van der Waals surface area contributed by atoms with E-state index in [-0.39, 0.29) is 86.5 Å². The number of nitrogens with one attached hydrogen (secondary N) is 5. The molecule has 82 heavy (non-hydrogen) atoms. The second-order valence-corrected chi connectivity index (χ2v) is 22.2. The van der Waals surface area contributed by atoms with E-state index in [2.05, 4.69) is 38.1 Å². The number of aromatic amines is 1. The number of rotatable bonds is 18. The molecule has 2 aromatic heterocycles. The molecule has 3 aliphatic heterocycles. The summed E-state index contributed by atoms with van der Waals surface area (Å²) in [6.45, 7) is -0.140. The normalized spacial score (nSPS) is 18.7. The summed E-state index contributed by atoms with van der Waals surface area (Å²) in [6, 6.07) is 22.8. The topological polar surface area (TPSA) is 335 Å². The molecule has 0 saturated carbocycles. The predicted octanol–water partition coefficient (Wildman–Crippen LogP) is 3.08. The van der Waals surface area contributed by atoms with E-state index < -0.39 is 90.5 Å². The molecule has 0 bridgehead atoms. The smallest absolute Gasteiger partial charge is 0.370 e. The third kappa shape index (κ3) is 12.9. The summed E-state index contributed by atoms with van der Waals surface area (Å²) in [5, 5.41) is 11.1. The van der Waals surface area contributed by atoms with Crippen molar-refractivity contribution in [1.29, 1.82) is 0 Å². The SMILES string of the molecule is Cn1c(=O)n(C2CCC(=O)NC2=O)c2ccc(C#CCCCCC(=O)N3CC[C@H]4CCC(C(=O)N[C@@H](CCC(N)=O)C(=O)NC(c5ccccc5)c5ccccc5)N4C(=O)[C@@H](NC(=O)c4cc5cc(C(=O)P(=O)(O)O)ccc5[nH]4)C3)cc21. The van der Waals surface area contributed by atoms with Gasteiger partial charge < -0.3 is 46.3 Å². The van der Waals surface area contributed by atoms with Gasteiger partial charge in [-0.05, 0) is 98.5 Å². The summed E-state index contributed by atoms with van der Waals surface area (Å²) >= 11 is 0. The number of hydrogen-bond acceptors (Lipinski definition) is 11. The molecule has 0 spiro atoms.